The molecule has 1 aromatic heterocycles. The first-order valence-electron chi connectivity index (χ1n) is 7.89. The Morgan fingerprint density at radius 1 is 1.57 bits per heavy atom. The number of carboxylic acids is 1. The summed E-state index contributed by atoms with van der Waals surface area (Å²) >= 11 is 0. The molecule has 0 saturated heterocycles. The van der Waals surface area contributed by atoms with Gasteiger partial charge in [0.1, 0.15) is 0 Å². The fraction of sp³-hybridized carbons (Fsp3) is 0.444. The van der Waals surface area contributed by atoms with Crippen molar-refractivity contribution in [1.29, 1.82) is 5.26 Å². The molecule has 3 rings (SSSR count). The number of ether oxygens (including phenoxy) is 1. The normalized spacial score (nSPS) is 21.7. The van der Waals surface area contributed by atoms with Crippen molar-refractivity contribution >= 4 is 16.9 Å². The Bertz CT molecular complexity index is 831. The van der Waals surface area contributed by atoms with Crippen LogP contribution in [-0.2, 0) is 21.6 Å². The molecule has 23 heavy (non-hydrogen) atoms. The summed E-state index contributed by atoms with van der Waals surface area (Å²) in [5.41, 5.74) is 2.56. The van der Waals surface area contributed by atoms with Crippen molar-refractivity contribution < 1.29 is 14.6 Å². The van der Waals surface area contributed by atoms with Crippen molar-refractivity contribution in [2.24, 2.45) is 5.92 Å². The highest BCUT2D eigenvalue weighted by Gasteiger charge is 2.51. The van der Waals surface area contributed by atoms with Crippen LogP contribution in [0.15, 0.2) is 12.1 Å². The molecule has 0 fully saturated rings. The van der Waals surface area contributed by atoms with Crippen LogP contribution in [0.1, 0.15) is 42.7 Å². The quantitative estimate of drug-likeness (QED) is 0.911. The first-order valence-corrected chi connectivity index (χ1v) is 7.89. The number of nitrogens with one attached hydrogen (secondary N) is 1. The standard InChI is InChI=1S/C18H20N2O3/c1-4-11(3)18(17(21)22)16-13(7-8-23-18)14-12(9-19)6-5-10(2)15(14)20-16/h5-6,11,20H,4,7-8H2,1-3H3,(H,21,22)/t11-,18-/m1/s1. The minimum absolute atomic E-state index is 0.182. The number of rotatable bonds is 3. The van der Waals surface area contributed by atoms with E-state index in [1.165, 1.54) is 0 Å². The number of benzene rings is 1. The molecule has 120 valence electrons. The first kappa shape index (κ1) is 15.6. The van der Waals surface area contributed by atoms with Crippen molar-refractivity contribution in [3.8, 4) is 6.07 Å². The largest absolute Gasteiger partial charge is 0.479 e. The van der Waals surface area contributed by atoms with Gasteiger partial charge in [-0.2, -0.15) is 5.26 Å². The molecule has 0 spiro atoms. The highest BCUT2D eigenvalue weighted by atomic mass is 16.5. The third kappa shape index (κ3) is 1.98. The Morgan fingerprint density at radius 3 is 2.91 bits per heavy atom. The summed E-state index contributed by atoms with van der Waals surface area (Å²) in [6.45, 7) is 6.15. The van der Waals surface area contributed by atoms with Crippen molar-refractivity contribution in [1.82, 2.24) is 4.98 Å². The number of hydrogen-bond donors (Lipinski definition) is 2. The van der Waals surface area contributed by atoms with E-state index >= 15 is 0 Å². The van der Waals surface area contributed by atoms with Crippen molar-refractivity contribution in [2.75, 3.05) is 6.61 Å². The van der Waals surface area contributed by atoms with Gasteiger partial charge in [-0.15, -0.1) is 0 Å². The maximum absolute atomic E-state index is 12.1. The van der Waals surface area contributed by atoms with Crippen molar-refractivity contribution in [3.63, 3.8) is 0 Å². The molecule has 0 bridgehead atoms. The third-order valence-electron chi connectivity index (χ3n) is 5.06. The van der Waals surface area contributed by atoms with E-state index in [0.717, 1.165) is 22.0 Å². The Balaban J connectivity index is 2.41. The van der Waals surface area contributed by atoms with Gasteiger partial charge in [0.15, 0.2) is 0 Å². The van der Waals surface area contributed by atoms with E-state index in [0.29, 0.717) is 30.7 Å². The van der Waals surface area contributed by atoms with Gasteiger partial charge in [0.05, 0.1) is 29.5 Å². The predicted molar refractivity (Wildman–Crippen MR) is 86.2 cm³/mol. The number of aliphatic carboxylic acids is 1. The number of fused-ring (bicyclic) bond motifs is 3. The lowest BCUT2D eigenvalue weighted by Crippen LogP contribution is -2.48. The molecule has 0 saturated carbocycles. The highest BCUT2D eigenvalue weighted by Crippen LogP contribution is 2.44. The number of aromatic amines is 1. The van der Waals surface area contributed by atoms with Gasteiger partial charge in [0, 0.05) is 11.3 Å². The number of aryl methyl sites for hydroxylation is 1. The van der Waals surface area contributed by atoms with Gasteiger partial charge in [-0.3, -0.25) is 0 Å². The molecule has 1 aromatic carbocycles. The zero-order valence-electron chi connectivity index (χ0n) is 13.6. The minimum atomic E-state index is -1.37. The Kier molecular flexibility index (Phi) is 3.65. The zero-order chi connectivity index (χ0) is 16.8. The summed E-state index contributed by atoms with van der Waals surface area (Å²) in [6, 6.07) is 5.91. The molecule has 2 N–H and O–H groups in total. The molecular formula is C18H20N2O3. The van der Waals surface area contributed by atoms with E-state index in [1.807, 2.05) is 26.8 Å². The third-order valence-corrected chi connectivity index (χ3v) is 5.06. The van der Waals surface area contributed by atoms with E-state index in [2.05, 4.69) is 11.1 Å². The second-order valence-corrected chi connectivity index (χ2v) is 6.22. The molecule has 2 heterocycles. The maximum atomic E-state index is 12.1. The second kappa shape index (κ2) is 5.39. The van der Waals surface area contributed by atoms with Gasteiger partial charge >= 0.3 is 5.97 Å². The van der Waals surface area contributed by atoms with Crippen LogP contribution in [0.5, 0.6) is 0 Å². The average Bonchev–Trinajstić information content (AvgIpc) is 2.95. The Labute approximate surface area is 134 Å². The van der Waals surface area contributed by atoms with E-state index in [1.54, 1.807) is 6.07 Å². The fourth-order valence-electron chi connectivity index (χ4n) is 3.61. The van der Waals surface area contributed by atoms with Crippen LogP contribution in [0.4, 0.5) is 0 Å². The van der Waals surface area contributed by atoms with Crippen LogP contribution in [-0.4, -0.2) is 22.7 Å². The lowest BCUT2D eigenvalue weighted by molar-refractivity contribution is -0.179. The monoisotopic (exact) mass is 312 g/mol. The molecule has 2 atom stereocenters. The van der Waals surface area contributed by atoms with Crippen molar-refractivity contribution in [3.05, 3.63) is 34.5 Å². The number of nitrogens with zero attached hydrogens (tertiary/aromatic N) is 1. The number of aromatic nitrogens is 1. The van der Waals surface area contributed by atoms with Crippen molar-refractivity contribution in [2.45, 2.75) is 39.2 Å². The molecule has 1 aliphatic rings. The van der Waals surface area contributed by atoms with Crippen LogP contribution in [0.3, 0.4) is 0 Å². The molecule has 0 unspecified atom stereocenters. The summed E-state index contributed by atoms with van der Waals surface area (Å²) in [4.78, 5) is 15.4. The summed E-state index contributed by atoms with van der Waals surface area (Å²) in [7, 11) is 0. The number of hydrogen-bond acceptors (Lipinski definition) is 3. The van der Waals surface area contributed by atoms with E-state index in [4.69, 9.17) is 4.74 Å². The van der Waals surface area contributed by atoms with E-state index in [-0.39, 0.29) is 5.92 Å². The van der Waals surface area contributed by atoms with E-state index < -0.39 is 11.6 Å². The zero-order valence-corrected chi connectivity index (χ0v) is 13.6. The number of nitriles is 1. The Hall–Kier alpha value is -2.32. The molecule has 0 radical (unpaired) electrons. The summed E-state index contributed by atoms with van der Waals surface area (Å²) in [5, 5.41) is 20.2. The summed E-state index contributed by atoms with van der Waals surface area (Å²) in [6.07, 6.45) is 1.30. The van der Waals surface area contributed by atoms with Crippen LogP contribution < -0.4 is 0 Å². The lowest BCUT2D eigenvalue weighted by atomic mass is 9.79. The van der Waals surface area contributed by atoms with E-state index in [9.17, 15) is 15.2 Å². The van der Waals surface area contributed by atoms with Gasteiger partial charge in [-0.25, -0.2) is 4.79 Å². The Morgan fingerprint density at radius 2 is 2.30 bits per heavy atom. The second-order valence-electron chi connectivity index (χ2n) is 6.22. The lowest BCUT2D eigenvalue weighted by Gasteiger charge is -2.38. The predicted octanol–water partition coefficient (Wildman–Crippen LogP) is 3.25. The van der Waals surface area contributed by atoms with Gasteiger partial charge in [0.25, 0.3) is 0 Å². The topological polar surface area (TPSA) is 86.1 Å². The molecule has 5 nitrogen and oxygen atoms in total. The van der Waals surface area contributed by atoms with Crippen LogP contribution in [0, 0.1) is 24.2 Å². The SMILES string of the molecule is CC[C@@H](C)[C@@]1(C(=O)O)OCCc2c1[nH]c1c(C)ccc(C#N)c21. The number of carbonyl (C=O) groups is 1. The molecule has 0 aliphatic carbocycles. The minimum Gasteiger partial charge on any atom is -0.479 e. The molecule has 5 heteroatoms. The van der Waals surface area contributed by atoms with Gasteiger partial charge in [-0.05, 0) is 37.0 Å². The molecular weight excluding hydrogens is 292 g/mol. The number of carboxylic acid groups (broad SMARTS) is 1. The number of H-pyrrole nitrogens is 1. The molecule has 2 aromatic rings. The van der Waals surface area contributed by atoms with Gasteiger partial charge in [0.2, 0.25) is 5.60 Å². The highest BCUT2D eigenvalue weighted by molar-refractivity contribution is 5.95. The van der Waals surface area contributed by atoms with Gasteiger partial charge < -0.3 is 14.8 Å². The summed E-state index contributed by atoms with van der Waals surface area (Å²) < 4.78 is 5.84. The maximum Gasteiger partial charge on any atom is 0.342 e. The van der Waals surface area contributed by atoms with Gasteiger partial charge in [-0.1, -0.05) is 19.9 Å². The first-order chi connectivity index (χ1) is 11.0. The molecule has 1 aliphatic heterocycles. The molecule has 0 amide bonds. The fourth-order valence-corrected chi connectivity index (χ4v) is 3.61. The van der Waals surface area contributed by atoms with Crippen LogP contribution in [0.2, 0.25) is 0 Å². The smallest absolute Gasteiger partial charge is 0.342 e. The summed E-state index contributed by atoms with van der Waals surface area (Å²) in [5.74, 6) is -1.16. The van der Waals surface area contributed by atoms with Crippen LogP contribution >= 0.6 is 0 Å². The average molecular weight is 312 g/mol. The van der Waals surface area contributed by atoms with Crippen LogP contribution in [0.25, 0.3) is 10.9 Å².